The van der Waals surface area contributed by atoms with Gasteiger partial charge in [-0.2, -0.15) is 0 Å². The first kappa shape index (κ1) is 29.8. The number of benzene rings is 2. The summed E-state index contributed by atoms with van der Waals surface area (Å²) in [5, 5.41) is 6.04. The van der Waals surface area contributed by atoms with E-state index in [-0.39, 0.29) is 17.7 Å². The molecule has 2 N–H and O–H groups in total. The lowest BCUT2D eigenvalue weighted by molar-refractivity contribution is -0.138. The van der Waals surface area contributed by atoms with Crippen molar-refractivity contribution in [2.75, 3.05) is 26.2 Å². The Morgan fingerprint density at radius 2 is 1.45 bits per heavy atom. The summed E-state index contributed by atoms with van der Waals surface area (Å²) in [6.45, 7) is 6.14. The van der Waals surface area contributed by atoms with E-state index in [0.29, 0.717) is 44.8 Å². The van der Waals surface area contributed by atoms with E-state index in [4.69, 9.17) is 0 Å². The summed E-state index contributed by atoms with van der Waals surface area (Å²) in [4.78, 5) is 42.5. The Labute approximate surface area is 239 Å². The molecular formula is C33H46N4O3. The summed E-state index contributed by atoms with van der Waals surface area (Å²) in [6.07, 6.45) is 8.82. The molecule has 0 bridgehead atoms. The average Bonchev–Trinajstić information content (AvgIpc) is 3.25. The number of amides is 3. The van der Waals surface area contributed by atoms with E-state index in [2.05, 4.69) is 39.8 Å². The van der Waals surface area contributed by atoms with Gasteiger partial charge in [-0.05, 0) is 35.4 Å². The topological polar surface area (TPSA) is 81.8 Å². The van der Waals surface area contributed by atoms with Gasteiger partial charge in [-0.1, -0.05) is 87.2 Å². The second-order valence-electron chi connectivity index (χ2n) is 11.4. The van der Waals surface area contributed by atoms with Gasteiger partial charge in [0.1, 0.15) is 6.04 Å². The SMILES string of the molecule is CCC(=O)N[C@H](Cc1ccc(CNC(=O)CC2CCCCCC2)cc1)C(=O)N1CCN(Cc2ccccc2)CC1. The van der Waals surface area contributed by atoms with E-state index < -0.39 is 6.04 Å². The van der Waals surface area contributed by atoms with E-state index in [1.54, 1.807) is 6.92 Å². The molecule has 1 aliphatic carbocycles. The minimum atomic E-state index is -0.585. The molecule has 1 saturated heterocycles. The third kappa shape index (κ3) is 9.47. The van der Waals surface area contributed by atoms with Crippen LogP contribution in [-0.2, 0) is 33.9 Å². The number of nitrogens with one attached hydrogen (secondary N) is 2. The first-order valence-electron chi connectivity index (χ1n) is 15.2. The highest BCUT2D eigenvalue weighted by Crippen LogP contribution is 2.25. The fraction of sp³-hybridized carbons (Fsp3) is 0.545. The highest BCUT2D eigenvalue weighted by molar-refractivity contribution is 5.88. The molecule has 1 saturated carbocycles. The number of hydrogen-bond donors (Lipinski definition) is 2. The van der Waals surface area contributed by atoms with Crippen LogP contribution in [0, 0.1) is 5.92 Å². The number of hydrogen-bond acceptors (Lipinski definition) is 4. The predicted molar refractivity (Wildman–Crippen MR) is 158 cm³/mol. The van der Waals surface area contributed by atoms with Crippen molar-refractivity contribution in [3.63, 3.8) is 0 Å². The van der Waals surface area contributed by atoms with Crippen LogP contribution in [0.25, 0.3) is 0 Å². The van der Waals surface area contributed by atoms with Crippen molar-refractivity contribution in [1.82, 2.24) is 20.4 Å². The molecule has 0 aromatic heterocycles. The Bertz CT molecular complexity index is 1070. The lowest BCUT2D eigenvalue weighted by Gasteiger charge is -2.36. The highest BCUT2D eigenvalue weighted by atomic mass is 16.2. The molecule has 0 radical (unpaired) electrons. The zero-order chi connectivity index (χ0) is 28.2. The minimum Gasteiger partial charge on any atom is -0.352 e. The van der Waals surface area contributed by atoms with Crippen molar-refractivity contribution in [3.8, 4) is 0 Å². The van der Waals surface area contributed by atoms with Gasteiger partial charge >= 0.3 is 0 Å². The van der Waals surface area contributed by atoms with Gasteiger partial charge < -0.3 is 15.5 Å². The molecular weight excluding hydrogens is 500 g/mol. The molecule has 7 nitrogen and oxygen atoms in total. The minimum absolute atomic E-state index is 0.0176. The summed E-state index contributed by atoms with van der Waals surface area (Å²) in [7, 11) is 0. The molecule has 2 aromatic rings. The second-order valence-corrected chi connectivity index (χ2v) is 11.4. The molecule has 2 aliphatic rings. The van der Waals surface area contributed by atoms with Crippen LogP contribution in [0.3, 0.4) is 0 Å². The Hall–Kier alpha value is -3.19. The second kappa shape index (κ2) is 15.6. The average molecular weight is 547 g/mol. The van der Waals surface area contributed by atoms with Crippen LogP contribution in [0.1, 0.15) is 75.0 Å². The molecule has 0 spiro atoms. The summed E-state index contributed by atoms with van der Waals surface area (Å²) in [5.41, 5.74) is 3.30. The van der Waals surface area contributed by atoms with Crippen LogP contribution in [-0.4, -0.2) is 59.7 Å². The van der Waals surface area contributed by atoms with Crippen molar-refractivity contribution >= 4 is 17.7 Å². The Balaban J connectivity index is 1.27. The van der Waals surface area contributed by atoms with Crippen molar-refractivity contribution in [2.45, 2.75) is 83.8 Å². The molecule has 216 valence electrons. The van der Waals surface area contributed by atoms with Crippen LogP contribution in [0.5, 0.6) is 0 Å². The Morgan fingerprint density at radius 3 is 2.10 bits per heavy atom. The van der Waals surface area contributed by atoms with Gasteiger partial charge in [-0.15, -0.1) is 0 Å². The zero-order valence-electron chi connectivity index (χ0n) is 24.1. The molecule has 2 aromatic carbocycles. The molecule has 1 aliphatic heterocycles. The number of carbonyl (C=O) groups is 3. The standard InChI is InChI=1S/C33H46N4O3/c1-2-31(38)35-30(33(40)37-20-18-36(19-21-37)25-29-12-8-5-9-13-29)22-27-14-16-28(17-15-27)24-34-32(39)23-26-10-6-3-4-7-11-26/h5,8-9,12-17,26,30H,2-4,6-7,10-11,18-25H2,1H3,(H,34,39)(H,35,38)/t30-/m1/s1. The smallest absolute Gasteiger partial charge is 0.245 e. The molecule has 4 rings (SSSR count). The van der Waals surface area contributed by atoms with Crippen LogP contribution >= 0.6 is 0 Å². The normalized spacial score (nSPS) is 17.6. The molecule has 1 atom stereocenters. The van der Waals surface area contributed by atoms with Gasteiger partial charge in [-0.25, -0.2) is 0 Å². The predicted octanol–water partition coefficient (Wildman–Crippen LogP) is 4.45. The van der Waals surface area contributed by atoms with Crippen molar-refractivity contribution in [2.24, 2.45) is 5.92 Å². The highest BCUT2D eigenvalue weighted by Gasteiger charge is 2.28. The molecule has 0 unspecified atom stereocenters. The summed E-state index contributed by atoms with van der Waals surface area (Å²) in [6, 6.07) is 17.8. The van der Waals surface area contributed by atoms with E-state index >= 15 is 0 Å². The number of rotatable bonds is 11. The lowest BCUT2D eigenvalue weighted by Crippen LogP contribution is -2.55. The molecule has 2 fully saturated rings. The van der Waals surface area contributed by atoms with Gasteiger partial charge in [0.15, 0.2) is 0 Å². The fourth-order valence-corrected chi connectivity index (χ4v) is 5.82. The largest absolute Gasteiger partial charge is 0.352 e. The van der Waals surface area contributed by atoms with E-state index in [0.717, 1.165) is 30.8 Å². The van der Waals surface area contributed by atoms with Gasteiger partial charge in [0.2, 0.25) is 17.7 Å². The first-order chi connectivity index (χ1) is 19.5. The monoisotopic (exact) mass is 546 g/mol. The summed E-state index contributed by atoms with van der Waals surface area (Å²) >= 11 is 0. The third-order valence-corrected chi connectivity index (χ3v) is 8.29. The van der Waals surface area contributed by atoms with Crippen LogP contribution in [0.4, 0.5) is 0 Å². The number of piperazine rings is 1. The summed E-state index contributed by atoms with van der Waals surface area (Å²) < 4.78 is 0. The van der Waals surface area contributed by atoms with Gasteiger partial charge in [0.05, 0.1) is 0 Å². The van der Waals surface area contributed by atoms with Crippen molar-refractivity contribution in [1.29, 1.82) is 0 Å². The van der Waals surface area contributed by atoms with Crippen LogP contribution in [0.2, 0.25) is 0 Å². The molecule has 40 heavy (non-hydrogen) atoms. The molecule has 3 amide bonds. The van der Waals surface area contributed by atoms with E-state index in [1.165, 1.54) is 44.1 Å². The zero-order valence-corrected chi connectivity index (χ0v) is 24.1. The number of carbonyl (C=O) groups excluding carboxylic acids is 3. The van der Waals surface area contributed by atoms with Crippen LogP contribution in [0.15, 0.2) is 54.6 Å². The quantitative estimate of drug-likeness (QED) is 0.408. The fourth-order valence-electron chi connectivity index (χ4n) is 5.82. The van der Waals surface area contributed by atoms with Crippen molar-refractivity contribution in [3.05, 3.63) is 71.3 Å². The molecule has 1 heterocycles. The maximum Gasteiger partial charge on any atom is 0.245 e. The van der Waals surface area contributed by atoms with Gasteiger partial charge in [0, 0.05) is 58.5 Å². The maximum atomic E-state index is 13.5. The Morgan fingerprint density at radius 1 is 0.800 bits per heavy atom. The van der Waals surface area contributed by atoms with Crippen LogP contribution < -0.4 is 10.6 Å². The van der Waals surface area contributed by atoms with Gasteiger partial charge in [-0.3, -0.25) is 19.3 Å². The molecule has 7 heteroatoms. The Kier molecular flexibility index (Phi) is 11.6. The van der Waals surface area contributed by atoms with Crippen molar-refractivity contribution < 1.29 is 14.4 Å². The summed E-state index contributed by atoms with van der Waals surface area (Å²) in [5.74, 6) is 0.516. The lowest BCUT2D eigenvalue weighted by atomic mass is 9.96. The van der Waals surface area contributed by atoms with E-state index in [1.807, 2.05) is 35.2 Å². The number of nitrogens with zero attached hydrogens (tertiary/aromatic N) is 2. The first-order valence-corrected chi connectivity index (χ1v) is 15.2. The van der Waals surface area contributed by atoms with E-state index in [9.17, 15) is 14.4 Å². The van der Waals surface area contributed by atoms with Gasteiger partial charge in [0.25, 0.3) is 0 Å². The third-order valence-electron chi connectivity index (χ3n) is 8.29. The maximum absolute atomic E-state index is 13.5.